The largest absolute Gasteiger partial charge is 0.497 e. The van der Waals surface area contributed by atoms with Crippen LogP contribution in [0.5, 0.6) is 11.5 Å². The molecule has 1 aliphatic carbocycles. The molecule has 0 spiro atoms. The number of hydrogen-bond donors (Lipinski definition) is 0. The maximum Gasteiger partial charge on any atom is 0.126 e. The number of benzene rings is 2. The Hall–Kier alpha value is -2.22. The van der Waals surface area contributed by atoms with Crippen LogP contribution in [0.4, 0.5) is 0 Å². The van der Waals surface area contributed by atoms with E-state index in [1.165, 1.54) is 16.7 Å². The van der Waals surface area contributed by atoms with Crippen molar-refractivity contribution in [2.45, 2.75) is 32.1 Å². The van der Waals surface area contributed by atoms with Crippen molar-refractivity contribution in [3.05, 3.63) is 64.7 Å². The molecule has 0 aliphatic heterocycles. The average molecular weight is 308 g/mol. The Labute approximate surface area is 138 Å². The van der Waals surface area contributed by atoms with Crippen molar-refractivity contribution >= 4 is 6.08 Å². The van der Waals surface area contributed by atoms with E-state index in [-0.39, 0.29) is 11.3 Å². The summed E-state index contributed by atoms with van der Waals surface area (Å²) in [5, 5.41) is 0. The Kier molecular flexibility index (Phi) is 3.93. The zero-order valence-electron chi connectivity index (χ0n) is 14.5. The summed E-state index contributed by atoms with van der Waals surface area (Å²) in [5.41, 5.74) is 4.92. The van der Waals surface area contributed by atoms with Gasteiger partial charge in [-0.1, -0.05) is 57.2 Å². The molecule has 120 valence electrons. The lowest BCUT2D eigenvalue weighted by atomic mass is 9.82. The van der Waals surface area contributed by atoms with Crippen LogP contribution in [-0.4, -0.2) is 14.2 Å². The summed E-state index contributed by atoms with van der Waals surface area (Å²) in [6.07, 6.45) is 4.43. The molecule has 1 unspecified atom stereocenters. The van der Waals surface area contributed by atoms with Gasteiger partial charge in [0.15, 0.2) is 0 Å². The highest BCUT2D eigenvalue weighted by molar-refractivity contribution is 5.67. The molecule has 0 fully saturated rings. The van der Waals surface area contributed by atoms with Crippen LogP contribution in [0.25, 0.3) is 6.08 Å². The zero-order valence-corrected chi connectivity index (χ0v) is 14.5. The summed E-state index contributed by atoms with van der Waals surface area (Å²) in [7, 11) is 3.47. The van der Waals surface area contributed by atoms with E-state index in [1.54, 1.807) is 14.2 Å². The predicted octanol–water partition coefficient (Wildman–Crippen LogP) is 5.16. The molecule has 0 saturated heterocycles. The van der Waals surface area contributed by atoms with Gasteiger partial charge >= 0.3 is 0 Å². The van der Waals surface area contributed by atoms with Crippen molar-refractivity contribution in [2.75, 3.05) is 14.2 Å². The molecule has 0 saturated carbocycles. The van der Waals surface area contributed by atoms with Crippen molar-refractivity contribution in [2.24, 2.45) is 0 Å². The highest BCUT2D eigenvalue weighted by Crippen LogP contribution is 2.45. The molecule has 0 radical (unpaired) electrons. The first kappa shape index (κ1) is 15.7. The number of hydrogen-bond acceptors (Lipinski definition) is 2. The lowest BCUT2D eigenvalue weighted by molar-refractivity contribution is 0.383. The van der Waals surface area contributed by atoms with Gasteiger partial charge in [0, 0.05) is 17.0 Å². The molecule has 2 aromatic carbocycles. The van der Waals surface area contributed by atoms with E-state index in [4.69, 9.17) is 9.47 Å². The van der Waals surface area contributed by atoms with E-state index < -0.39 is 0 Å². The molecule has 2 heteroatoms. The Morgan fingerprint density at radius 1 is 0.913 bits per heavy atom. The lowest BCUT2D eigenvalue weighted by Gasteiger charge is -2.26. The topological polar surface area (TPSA) is 18.5 Å². The number of rotatable bonds is 3. The van der Waals surface area contributed by atoms with Crippen LogP contribution in [0.1, 0.15) is 48.9 Å². The minimum absolute atomic E-state index is 0.0174. The molecule has 0 amide bonds. The average Bonchev–Trinajstić information content (AvgIpc) is 2.96. The molecule has 0 N–H and O–H groups in total. The SMILES string of the molecule is COc1cc(C2C=Cc3ccccc32)c(OC)c(C(C)(C)C)c1. The van der Waals surface area contributed by atoms with Crippen LogP contribution in [0.3, 0.4) is 0 Å². The molecule has 0 aromatic heterocycles. The lowest BCUT2D eigenvalue weighted by Crippen LogP contribution is -2.15. The zero-order chi connectivity index (χ0) is 16.6. The number of fused-ring (bicyclic) bond motifs is 1. The summed E-state index contributed by atoms with van der Waals surface area (Å²) < 4.78 is 11.4. The van der Waals surface area contributed by atoms with Gasteiger partial charge in [0.1, 0.15) is 11.5 Å². The van der Waals surface area contributed by atoms with Crippen LogP contribution in [0, 0.1) is 0 Å². The second-order valence-corrected chi connectivity index (χ2v) is 7.01. The van der Waals surface area contributed by atoms with E-state index in [1.807, 2.05) is 0 Å². The molecule has 0 heterocycles. The first-order valence-corrected chi connectivity index (χ1v) is 7.99. The van der Waals surface area contributed by atoms with Crippen molar-refractivity contribution in [1.82, 2.24) is 0 Å². The van der Waals surface area contributed by atoms with E-state index >= 15 is 0 Å². The van der Waals surface area contributed by atoms with Crippen molar-refractivity contribution in [3.63, 3.8) is 0 Å². The standard InChI is InChI=1S/C21H24O2/c1-21(2,3)19-13-15(22-4)12-18(20(19)23-5)17-11-10-14-8-6-7-9-16(14)17/h6-13,17H,1-5H3. The normalized spacial score (nSPS) is 16.3. The highest BCUT2D eigenvalue weighted by Gasteiger charge is 2.28. The van der Waals surface area contributed by atoms with E-state index in [9.17, 15) is 0 Å². The second-order valence-electron chi connectivity index (χ2n) is 7.01. The molecule has 2 aromatic rings. The number of methoxy groups -OCH3 is 2. The fraction of sp³-hybridized carbons (Fsp3) is 0.333. The summed E-state index contributed by atoms with van der Waals surface area (Å²) in [6.45, 7) is 6.60. The summed E-state index contributed by atoms with van der Waals surface area (Å²) >= 11 is 0. The quantitative estimate of drug-likeness (QED) is 0.779. The molecular weight excluding hydrogens is 284 g/mol. The van der Waals surface area contributed by atoms with Gasteiger partial charge in [-0.05, 0) is 28.7 Å². The molecule has 1 atom stereocenters. The van der Waals surface area contributed by atoms with Crippen LogP contribution in [0.2, 0.25) is 0 Å². The van der Waals surface area contributed by atoms with E-state index in [2.05, 4.69) is 69.3 Å². The fourth-order valence-corrected chi connectivity index (χ4v) is 3.28. The first-order valence-electron chi connectivity index (χ1n) is 7.99. The van der Waals surface area contributed by atoms with Crippen LogP contribution in [0.15, 0.2) is 42.5 Å². The molecule has 1 aliphatic rings. The summed E-state index contributed by atoms with van der Waals surface area (Å²) in [4.78, 5) is 0. The fourth-order valence-electron chi connectivity index (χ4n) is 3.28. The predicted molar refractivity (Wildman–Crippen MR) is 95.6 cm³/mol. The maximum absolute atomic E-state index is 5.84. The number of ether oxygens (including phenoxy) is 2. The smallest absolute Gasteiger partial charge is 0.126 e. The Bertz CT molecular complexity index is 751. The van der Waals surface area contributed by atoms with E-state index in [0.29, 0.717) is 0 Å². The third-order valence-corrected chi connectivity index (χ3v) is 4.47. The Morgan fingerprint density at radius 3 is 2.30 bits per heavy atom. The second kappa shape index (κ2) is 5.77. The van der Waals surface area contributed by atoms with Gasteiger partial charge in [0.2, 0.25) is 0 Å². The van der Waals surface area contributed by atoms with Gasteiger partial charge in [0.25, 0.3) is 0 Å². The summed E-state index contributed by atoms with van der Waals surface area (Å²) in [6, 6.07) is 12.7. The van der Waals surface area contributed by atoms with Crippen LogP contribution in [-0.2, 0) is 5.41 Å². The molecule has 2 nitrogen and oxygen atoms in total. The van der Waals surface area contributed by atoms with Gasteiger partial charge in [-0.2, -0.15) is 0 Å². The molecule has 23 heavy (non-hydrogen) atoms. The van der Waals surface area contributed by atoms with Crippen LogP contribution < -0.4 is 9.47 Å². The van der Waals surface area contributed by atoms with Gasteiger partial charge in [-0.3, -0.25) is 0 Å². The van der Waals surface area contributed by atoms with Gasteiger partial charge < -0.3 is 9.47 Å². The van der Waals surface area contributed by atoms with Gasteiger partial charge in [-0.25, -0.2) is 0 Å². The van der Waals surface area contributed by atoms with Crippen LogP contribution >= 0.6 is 0 Å². The highest BCUT2D eigenvalue weighted by atomic mass is 16.5. The summed E-state index contributed by atoms with van der Waals surface area (Å²) in [5.74, 6) is 2.05. The van der Waals surface area contributed by atoms with E-state index in [0.717, 1.165) is 17.1 Å². The van der Waals surface area contributed by atoms with Gasteiger partial charge in [-0.15, -0.1) is 0 Å². The third-order valence-electron chi connectivity index (χ3n) is 4.47. The number of allylic oxidation sites excluding steroid dienone is 1. The third kappa shape index (κ3) is 2.74. The first-order chi connectivity index (χ1) is 11.0. The molecule has 3 rings (SSSR count). The monoisotopic (exact) mass is 308 g/mol. The van der Waals surface area contributed by atoms with Crippen molar-refractivity contribution in [3.8, 4) is 11.5 Å². The Morgan fingerprint density at radius 2 is 1.65 bits per heavy atom. The molecule has 0 bridgehead atoms. The van der Waals surface area contributed by atoms with Crippen molar-refractivity contribution < 1.29 is 9.47 Å². The Balaban J connectivity index is 2.22. The van der Waals surface area contributed by atoms with Crippen molar-refractivity contribution in [1.29, 1.82) is 0 Å². The minimum Gasteiger partial charge on any atom is -0.497 e. The molecular formula is C21H24O2. The minimum atomic E-state index is -0.0174. The maximum atomic E-state index is 5.84. The van der Waals surface area contributed by atoms with Gasteiger partial charge in [0.05, 0.1) is 14.2 Å².